The molecule has 3 aromatic carbocycles. The van der Waals surface area contributed by atoms with E-state index in [-0.39, 0.29) is 5.75 Å². The van der Waals surface area contributed by atoms with Gasteiger partial charge in [0.2, 0.25) is 0 Å². The van der Waals surface area contributed by atoms with Crippen molar-refractivity contribution in [1.29, 1.82) is 0 Å². The Morgan fingerprint density at radius 2 is 1.48 bits per heavy atom. The Bertz CT molecular complexity index is 988. The maximum atomic E-state index is 9.64. The van der Waals surface area contributed by atoms with Crippen molar-refractivity contribution in [3.8, 4) is 39.1 Å². The van der Waals surface area contributed by atoms with Gasteiger partial charge in [-0.25, -0.2) is 0 Å². The van der Waals surface area contributed by atoms with Crippen LogP contribution in [0.25, 0.3) is 33.4 Å². The molecule has 0 atom stereocenters. The van der Waals surface area contributed by atoms with E-state index in [0.29, 0.717) is 0 Å². The van der Waals surface area contributed by atoms with Crippen molar-refractivity contribution < 1.29 is 5.11 Å². The topological polar surface area (TPSA) is 48.9 Å². The first-order valence-corrected chi connectivity index (χ1v) is 8.21. The monoisotopic (exact) mass is 326 g/mol. The maximum absolute atomic E-state index is 9.64. The molecule has 0 saturated carbocycles. The number of nitrogens with one attached hydrogen (secondary N) is 1. The molecule has 0 aliphatic rings. The fraction of sp³-hybridized carbons (Fsp3) is 0.0455. The highest BCUT2D eigenvalue weighted by Gasteiger charge is 2.15. The first-order chi connectivity index (χ1) is 12.2. The second kappa shape index (κ2) is 6.29. The van der Waals surface area contributed by atoms with Gasteiger partial charge < -0.3 is 5.11 Å². The molecule has 0 amide bonds. The predicted octanol–water partition coefficient (Wildman–Crippen LogP) is 5.42. The fourth-order valence-corrected chi connectivity index (χ4v) is 3.20. The summed E-state index contributed by atoms with van der Waals surface area (Å²) in [5, 5.41) is 16.7. The summed E-state index contributed by atoms with van der Waals surface area (Å²) in [4.78, 5) is 0. The molecule has 2 N–H and O–H groups in total. The number of hydrogen-bond donors (Lipinski definition) is 2. The zero-order valence-electron chi connectivity index (χ0n) is 13.9. The van der Waals surface area contributed by atoms with Crippen LogP contribution < -0.4 is 0 Å². The Morgan fingerprint density at radius 1 is 0.800 bits per heavy atom. The minimum absolute atomic E-state index is 0.271. The van der Waals surface area contributed by atoms with Crippen molar-refractivity contribution in [3.05, 3.63) is 84.7 Å². The lowest BCUT2D eigenvalue weighted by atomic mass is 9.87. The molecule has 0 saturated heterocycles. The lowest BCUT2D eigenvalue weighted by molar-refractivity contribution is 0.475. The van der Waals surface area contributed by atoms with Gasteiger partial charge in [0, 0.05) is 11.8 Å². The quantitative estimate of drug-likeness (QED) is 0.528. The first kappa shape index (κ1) is 15.2. The molecule has 0 aliphatic heterocycles. The lowest BCUT2D eigenvalue weighted by Gasteiger charge is -2.17. The minimum Gasteiger partial charge on any atom is -0.508 e. The SMILES string of the molecule is Cc1cc(-c2ccc(O)cc2)c(-c2ccccc2)c(-c2cn[nH]c2)c1. The Balaban J connectivity index is 2.05. The Kier molecular flexibility index (Phi) is 3.82. The van der Waals surface area contributed by atoms with E-state index < -0.39 is 0 Å². The van der Waals surface area contributed by atoms with E-state index in [4.69, 9.17) is 0 Å². The Labute approximate surface area is 146 Å². The second-order valence-electron chi connectivity index (χ2n) is 6.13. The molecular formula is C22H18N2O. The van der Waals surface area contributed by atoms with Crippen LogP contribution in [-0.2, 0) is 0 Å². The average molecular weight is 326 g/mol. The van der Waals surface area contributed by atoms with E-state index in [1.54, 1.807) is 12.1 Å². The zero-order chi connectivity index (χ0) is 17.2. The number of phenolic OH excluding ortho intramolecular Hbond substituents is 1. The number of aromatic nitrogens is 2. The second-order valence-corrected chi connectivity index (χ2v) is 6.13. The van der Waals surface area contributed by atoms with Crippen molar-refractivity contribution in [1.82, 2.24) is 10.2 Å². The summed E-state index contributed by atoms with van der Waals surface area (Å²) in [6, 6.07) is 22.1. The number of rotatable bonds is 3. The van der Waals surface area contributed by atoms with Gasteiger partial charge >= 0.3 is 0 Å². The van der Waals surface area contributed by atoms with E-state index in [1.807, 2.05) is 30.6 Å². The van der Waals surface area contributed by atoms with Gasteiger partial charge in [0.05, 0.1) is 6.20 Å². The standard InChI is InChI=1S/C22H18N2O/c1-15-11-20(16-7-9-19(25)10-8-16)22(17-5-3-2-4-6-17)21(12-15)18-13-23-24-14-18/h2-14,25H,1H3,(H,23,24). The van der Waals surface area contributed by atoms with Gasteiger partial charge in [-0.15, -0.1) is 0 Å². The van der Waals surface area contributed by atoms with Crippen molar-refractivity contribution in [2.45, 2.75) is 6.92 Å². The number of nitrogens with zero attached hydrogens (tertiary/aromatic N) is 1. The largest absolute Gasteiger partial charge is 0.508 e. The highest BCUT2D eigenvalue weighted by atomic mass is 16.3. The Morgan fingerprint density at radius 3 is 2.12 bits per heavy atom. The molecule has 3 nitrogen and oxygen atoms in total. The molecule has 25 heavy (non-hydrogen) atoms. The third kappa shape index (κ3) is 2.92. The zero-order valence-corrected chi connectivity index (χ0v) is 13.9. The Hall–Kier alpha value is -3.33. The molecule has 3 heteroatoms. The van der Waals surface area contributed by atoms with Gasteiger partial charge in [0.15, 0.2) is 0 Å². The maximum Gasteiger partial charge on any atom is 0.115 e. The summed E-state index contributed by atoms with van der Waals surface area (Å²) in [6.07, 6.45) is 3.77. The van der Waals surface area contributed by atoms with Gasteiger partial charge in [-0.05, 0) is 52.4 Å². The summed E-state index contributed by atoms with van der Waals surface area (Å²) >= 11 is 0. The van der Waals surface area contributed by atoms with E-state index in [2.05, 4.69) is 53.5 Å². The normalized spacial score (nSPS) is 10.8. The van der Waals surface area contributed by atoms with Gasteiger partial charge in [-0.2, -0.15) is 5.10 Å². The van der Waals surface area contributed by atoms with Crippen LogP contribution >= 0.6 is 0 Å². The fourth-order valence-electron chi connectivity index (χ4n) is 3.20. The van der Waals surface area contributed by atoms with Crippen LogP contribution in [0.3, 0.4) is 0 Å². The molecular weight excluding hydrogens is 308 g/mol. The van der Waals surface area contributed by atoms with Crippen molar-refractivity contribution in [3.63, 3.8) is 0 Å². The van der Waals surface area contributed by atoms with Crippen LogP contribution in [0.4, 0.5) is 0 Å². The highest BCUT2D eigenvalue weighted by Crippen LogP contribution is 2.41. The molecule has 4 aromatic rings. The summed E-state index contributed by atoms with van der Waals surface area (Å²) in [6.45, 7) is 2.10. The highest BCUT2D eigenvalue weighted by molar-refractivity contribution is 5.94. The number of aryl methyl sites for hydroxylation is 1. The number of aromatic amines is 1. The molecule has 1 heterocycles. The lowest BCUT2D eigenvalue weighted by Crippen LogP contribution is -1.91. The first-order valence-electron chi connectivity index (χ1n) is 8.21. The third-order valence-corrected chi connectivity index (χ3v) is 4.33. The summed E-state index contributed by atoms with van der Waals surface area (Å²) in [5.41, 5.74) is 7.91. The predicted molar refractivity (Wildman–Crippen MR) is 101 cm³/mol. The average Bonchev–Trinajstić information content (AvgIpc) is 3.17. The summed E-state index contributed by atoms with van der Waals surface area (Å²) < 4.78 is 0. The number of aromatic hydroxyl groups is 1. The van der Waals surface area contributed by atoms with Crippen LogP contribution in [0.1, 0.15) is 5.56 Å². The van der Waals surface area contributed by atoms with Crippen LogP contribution in [0.15, 0.2) is 79.1 Å². The van der Waals surface area contributed by atoms with E-state index in [9.17, 15) is 5.11 Å². The van der Waals surface area contributed by atoms with Gasteiger partial charge in [-0.3, -0.25) is 5.10 Å². The van der Waals surface area contributed by atoms with Crippen molar-refractivity contribution in [2.75, 3.05) is 0 Å². The van der Waals surface area contributed by atoms with E-state index in [1.165, 1.54) is 11.1 Å². The molecule has 4 rings (SSSR count). The molecule has 122 valence electrons. The third-order valence-electron chi connectivity index (χ3n) is 4.33. The van der Waals surface area contributed by atoms with E-state index >= 15 is 0 Å². The van der Waals surface area contributed by atoms with E-state index in [0.717, 1.165) is 27.8 Å². The summed E-state index contributed by atoms with van der Waals surface area (Å²) in [7, 11) is 0. The molecule has 0 unspecified atom stereocenters. The van der Waals surface area contributed by atoms with Crippen LogP contribution in [-0.4, -0.2) is 15.3 Å². The van der Waals surface area contributed by atoms with Crippen molar-refractivity contribution >= 4 is 0 Å². The van der Waals surface area contributed by atoms with Gasteiger partial charge in [-0.1, -0.05) is 54.6 Å². The van der Waals surface area contributed by atoms with Crippen LogP contribution in [0.5, 0.6) is 5.75 Å². The molecule has 0 radical (unpaired) electrons. The van der Waals surface area contributed by atoms with Crippen LogP contribution in [0, 0.1) is 6.92 Å². The number of phenols is 1. The molecule has 0 spiro atoms. The van der Waals surface area contributed by atoms with Gasteiger partial charge in [0.25, 0.3) is 0 Å². The van der Waals surface area contributed by atoms with Crippen molar-refractivity contribution in [2.24, 2.45) is 0 Å². The molecule has 0 bridgehead atoms. The molecule has 0 aliphatic carbocycles. The summed E-state index contributed by atoms with van der Waals surface area (Å²) in [5.74, 6) is 0.271. The number of benzene rings is 3. The van der Waals surface area contributed by atoms with Gasteiger partial charge in [0.1, 0.15) is 5.75 Å². The number of hydrogen-bond acceptors (Lipinski definition) is 2. The molecule has 1 aromatic heterocycles. The minimum atomic E-state index is 0.271. The van der Waals surface area contributed by atoms with Crippen LogP contribution in [0.2, 0.25) is 0 Å². The smallest absolute Gasteiger partial charge is 0.115 e. The molecule has 0 fully saturated rings. The number of H-pyrrole nitrogens is 1.